The first-order valence-electron chi connectivity index (χ1n) is 14.3. The van der Waals surface area contributed by atoms with Gasteiger partial charge in [-0.25, -0.2) is 13.6 Å². The summed E-state index contributed by atoms with van der Waals surface area (Å²) in [5, 5.41) is 24.7. The number of amides is 1. The number of carboxylic acids is 1. The number of hydrogen-bond acceptors (Lipinski definition) is 5. The monoisotopic (exact) mass is 573 g/mol. The summed E-state index contributed by atoms with van der Waals surface area (Å²) in [5.74, 6) is -2.07. The standard InChI is InChI=1S/C32H33F2N5O3/c1-2-3-7-29(40)39(32(31(41)42)14-5-4-6-15-32)20-21-8-10-22(11-9-21)28-18-23(24-16-25(33)19-26(34)17-24)12-13-27(28)30-35-37-38-36-30/h8-13,16-19H,2-7,14-15,20H2,1H3,(H,41,42)(H,35,36,37,38). The smallest absolute Gasteiger partial charge is 0.329 e. The molecule has 5 rings (SSSR count). The number of carbonyl (C=O) groups is 2. The van der Waals surface area contributed by atoms with Crippen molar-refractivity contribution in [3.05, 3.63) is 77.9 Å². The fourth-order valence-electron chi connectivity index (χ4n) is 5.80. The van der Waals surface area contributed by atoms with Gasteiger partial charge in [-0.15, -0.1) is 10.2 Å². The van der Waals surface area contributed by atoms with Crippen molar-refractivity contribution in [3.63, 3.8) is 0 Å². The van der Waals surface area contributed by atoms with Gasteiger partial charge in [-0.05, 0) is 76.6 Å². The Bertz CT molecular complexity index is 1530. The Morgan fingerprint density at radius 1 is 0.905 bits per heavy atom. The lowest BCUT2D eigenvalue weighted by Gasteiger charge is -2.43. The van der Waals surface area contributed by atoms with Crippen molar-refractivity contribution in [2.24, 2.45) is 0 Å². The number of H-pyrrole nitrogens is 1. The summed E-state index contributed by atoms with van der Waals surface area (Å²) in [7, 11) is 0. The van der Waals surface area contributed by atoms with Crippen molar-refractivity contribution < 1.29 is 23.5 Å². The Balaban J connectivity index is 1.51. The van der Waals surface area contributed by atoms with E-state index in [0.29, 0.717) is 48.2 Å². The first-order chi connectivity index (χ1) is 20.3. The third-order valence-corrected chi connectivity index (χ3v) is 8.05. The van der Waals surface area contributed by atoms with Gasteiger partial charge in [-0.1, -0.05) is 62.9 Å². The summed E-state index contributed by atoms with van der Waals surface area (Å²) in [6, 6.07) is 16.2. The molecule has 0 bridgehead atoms. The van der Waals surface area contributed by atoms with E-state index >= 15 is 0 Å². The second-order valence-electron chi connectivity index (χ2n) is 10.8. The molecule has 1 heterocycles. The number of nitrogens with zero attached hydrogens (tertiary/aromatic N) is 4. The third-order valence-electron chi connectivity index (χ3n) is 8.05. The third kappa shape index (κ3) is 6.07. The molecule has 1 amide bonds. The Hall–Kier alpha value is -4.47. The number of benzene rings is 3. The fourth-order valence-corrected chi connectivity index (χ4v) is 5.80. The molecular formula is C32H33F2N5O3. The summed E-state index contributed by atoms with van der Waals surface area (Å²) in [4.78, 5) is 27.6. The van der Waals surface area contributed by atoms with E-state index in [4.69, 9.17) is 0 Å². The first-order valence-corrected chi connectivity index (χ1v) is 14.3. The number of halogens is 2. The highest BCUT2D eigenvalue weighted by molar-refractivity contribution is 5.87. The number of carbonyl (C=O) groups excluding carboxylic acids is 1. The Morgan fingerprint density at radius 3 is 2.21 bits per heavy atom. The molecule has 2 N–H and O–H groups in total. The van der Waals surface area contributed by atoms with Gasteiger partial charge in [-0.3, -0.25) is 4.79 Å². The highest BCUT2D eigenvalue weighted by Gasteiger charge is 2.46. The number of aromatic nitrogens is 4. The summed E-state index contributed by atoms with van der Waals surface area (Å²) < 4.78 is 28.0. The number of nitrogens with one attached hydrogen (secondary N) is 1. The van der Waals surface area contributed by atoms with Crippen molar-refractivity contribution >= 4 is 11.9 Å². The number of rotatable bonds is 10. The van der Waals surface area contributed by atoms with Crippen LogP contribution in [0.1, 0.15) is 63.9 Å². The zero-order chi connectivity index (χ0) is 29.7. The zero-order valence-electron chi connectivity index (χ0n) is 23.4. The molecule has 1 fully saturated rings. The Kier molecular flexibility index (Phi) is 8.70. The van der Waals surface area contributed by atoms with Crippen molar-refractivity contribution in [2.45, 2.75) is 70.4 Å². The maximum Gasteiger partial charge on any atom is 0.329 e. The molecule has 1 saturated carbocycles. The van der Waals surface area contributed by atoms with Crippen LogP contribution in [0.15, 0.2) is 60.7 Å². The topological polar surface area (TPSA) is 112 Å². The van der Waals surface area contributed by atoms with E-state index in [1.807, 2.05) is 37.3 Å². The van der Waals surface area contributed by atoms with Gasteiger partial charge in [-0.2, -0.15) is 5.21 Å². The number of hydrogen-bond donors (Lipinski definition) is 2. The molecule has 0 unspecified atom stereocenters. The summed E-state index contributed by atoms with van der Waals surface area (Å²) >= 11 is 0. The maximum atomic E-state index is 14.0. The van der Waals surface area contributed by atoms with Crippen molar-refractivity contribution in [1.29, 1.82) is 0 Å². The first kappa shape index (κ1) is 29.0. The lowest BCUT2D eigenvalue weighted by Crippen LogP contribution is -2.57. The van der Waals surface area contributed by atoms with Gasteiger partial charge in [0.1, 0.15) is 17.2 Å². The largest absolute Gasteiger partial charge is 0.479 e. The molecule has 4 aromatic rings. The van der Waals surface area contributed by atoms with Crippen LogP contribution >= 0.6 is 0 Å². The lowest BCUT2D eigenvalue weighted by molar-refractivity contribution is -0.163. The zero-order valence-corrected chi connectivity index (χ0v) is 23.4. The van der Waals surface area contributed by atoms with E-state index < -0.39 is 23.1 Å². The molecule has 0 saturated heterocycles. The number of aliphatic carboxylic acids is 1. The van der Waals surface area contributed by atoms with Crippen molar-refractivity contribution in [3.8, 4) is 33.6 Å². The van der Waals surface area contributed by atoms with Crippen molar-refractivity contribution in [1.82, 2.24) is 25.5 Å². The molecular weight excluding hydrogens is 540 g/mol. The van der Waals surface area contributed by atoms with E-state index in [2.05, 4.69) is 20.6 Å². The van der Waals surface area contributed by atoms with Gasteiger partial charge in [0.25, 0.3) is 0 Å². The van der Waals surface area contributed by atoms with Crippen LogP contribution in [0.5, 0.6) is 0 Å². The average Bonchev–Trinajstić information content (AvgIpc) is 3.53. The molecule has 218 valence electrons. The van der Waals surface area contributed by atoms with Crippen LogP contribution in [-0.2, 0) is 16.1 Å². The maximum absolute atomic E-state index is 14.0. The molecule has 8 nitrogen and oxygen atoms in total. The van der Waals surface area contributed by atoms with Gasteiger partial charge in [0, 0.05) is 24.6 Å². The highest BCUT2D eigenvalue weighted by atomic mass is 19.1. The van der Waals surface area contributed by atoms with Crippen molar-refractivity contribution in [2.75, 3.05) is 0 Å². The Morgan fingerprint density at radius 2 is 1.60 bits per heavy atom. The molecule has 10 heteroatoms. The molecule has 0 radical (unpaired) electrons. The van der Waals surface area contributed by atoms with Gasteiger partial charge < -0.3 is 10.0 Å². The minimum Gasteiger partial charge on any atom is -0.479 e. The summed E-state index contributed by atoms with van der Waals surface area (Å²) in [6.07, 6.45) is 5.25. The lowest BCUT2D eigenvalue weighted by atomic mass is 9.79. The number of aromatic amines is 1. The van der Waals surface area contributed by atoms with Crippen LogP contribution in [0.3, 0.4) is 0 Å². The van der Waals surface area contributed by atoms with Crippen LogP contribution < -0.4 is 0 Å². The second kappa shape index (κ2) is 12.6. The summed E-state index contributed by atoms with van der Waals surface area (Å²) in [6.45, 7) is 2.20. The van der Waals surface area contributed by atoms with E-state index in [0.717, 1.165) is 48.4 Å². The highest BCUT2D eigenvalue weighted by Crippen LogP contribution is 2.37. The SMILES string of the molecule is CCCCC(=O)N(Cc1ccc(-c2cc(-c3cc(F)cc(F)c3)ccc2-c2nn[nH]n2)cc1)C1(C(=O)O)CCCCC1. The Labute approximate surface area is 242 Å². The molecule has 1 aromatic heterocycles. The normalized spacial score (nSPS) is 14.5. The van der Waals surface area contributed by atoms with Crippen LogP contribution in [0.2, 0.25) is 0 Å². The molecule has 0 spiro atoms. The van der Waals surface area contributed by atoms with Gasteiger partial charge in [0.2, 0.25) is 11.7 Å². The van der Waals surface area contributed by atoms with Crippen LogP contribution in [-0.4, -0.2) is 48.0 Å². The molecule has 3 aromatic carbocycles. The van der Waals surface area contributed by atoms with E-state index in [1.54, 1.807) is 17.0 Å². The van der Waals surface area contributed by atoms with E-state index in [-0.39, 0.29) is 12.5 Å². The quantitative estimate of drug-likeness (QED) is 0.216. The molecule has 1 aliphatic rings. The van der Waals surface area contributed by atoms with Gasteiger partial charge in [0.05, 0.1) is 0 Å². The van der Waals surface area contributed by atoms with Gasteiger partial charge in [0.15, 0.2) is 0 Å². The van der Waals surface area contributed by atoms with E-state index in [9.17, 15) is 23.5 Å². The number of carboxylic acid groups (broad SMARTS) is 1. The molecule has 0 aliphatic heterocycles. The van der Waals surface area contributed by atoms with Gasteiger partial charge >= 0.3 is 5.97 Å². The number of unbranched alkanes of at least 4 members (excludes halogenated alkanes) is 1. The summed E-state index contributed by atoms with van der Waals surface area (Å²) in [5.41, 5.74) is 2.76. The minimum atomic E-state index is -1.21. The second-order valence-corrected chi connectivity index (χ2v) is 10.8. The predicted molar refractivity (Wildman–Crippen MR) is 154 cm³/mol. The fraction of sp³-hybridized carbons (Fsp3) is 0.344. The van der Waals surface area contributed by atoms with Crippen LogP contribution in [0.25, 0.3) is 33.6 Å². The minimum absolute atomic E-state index is 0.139. The number of tetrazole rings is 1. The average molecular weight is 574 g/mol. The van der Waals surface area contributed by atoms with Crippen LogP contribution in [0.4, 0.5) is 8.78 Å². The predicted octanol–water partition coefficient (Wildman–Crippen LogP) is 6.79. The molecule has 1 aliphatic carbocycles. The van der Waals surface area contributed by atoms with E-state index in [1.165, 1.54) is 12.1 Å². The molecule has 42 heavy (non-hydrogen) atoms. The van der Waals surface area contributed by atoms with Crippen LogP contribution in [0, 0.1) is 11.6 Å². The molecule has 0 atom stereocenters.